The summed E-state index contributed by atoms with van der Waals surface area (Å²) in [6.45, 7) is 0. The lowest BCUT2D eigenvalue weighted by atomic mass is 10.6. The number of nitrogens with two attached hydrogens (primary N) is 1. The number of hydrogen-bond acceptors (Lipinski definition) is 6. The predicted molar refractivity (Wildman–Crippen MR) is 49.6 cm³/mol. The monoisotopic (exact) mass is 226 g/mol. The molecule has 0 amide bonds. The number of nitrogens with zero attached hydrogens (tertiary/aromatic N) is 3. The van der Waals surface area contributed by atoms with Crippen molar-refractivity contribution in [2.75, 3.05) is 0 Å². The molecule has 6 nitrogen and oxygen atoms in total. The average Bonchev–Trinajstić information content (AvgIpc) is 2.09. The van der Waals surface area contributed by atoms with Gasteiger partial charge in [0.15, 0.2) is 5.82 Å². The summed E-state index contributed by atoms with van der Waals surface area (Å²) >= 11 is 5.49. The number of halogens is 2. The van der Waals surface area contributed by atoms with Gasteiger partial charge in [-0.1, -0.05) is 16.8 Å². The average molecular weight is 227 g/mol. The van der Waals surface area contributed by atoms with E-state index in [9.17, 15) is 0 Å². The fraction of sp³-hybridized carbons (Fsp3) is 0. The number of aromatic nitrogens is 2. The molecule has 0 aliphatic heterocycles. The van der Waals surface area contributed by atoms with E-state index in [-0.39, 0.29) is 18.2 Å². The molecule has 0 atom stereocenters. The maximum Gasteiger partial charge on any atom is 0.175 e. The van der Waals surface area contributed by atoms with Crippen molar-refractivity contribution in [2.24, 2.45) is 11.1 Å². The lowest BCUT2D eigenvalue weighted by Gasteiger charge is -1.88. The molecule has 0 aliphatic rings. The zero-order chi connectivity index (χ0) is 9.40. The predicted octanol–water partition coefficient (Wildman–Crippen LogP) is 0.694. The lowest BCUT2D eigenvalue weighted by molar-refractivity contribution is 0.311. The molecule has 1 rings (SSSR count). The molecule has 0 bridgehead atoms. The Bertz CT molecular complexity index is 258. The first-order valence-electron chi connectivity index (χ1n) is 2.75. The van der Waals surface area contributed by atoms with E-state index in [0.29, 0.717) is 5.15 Å². The Morgan fingerprint density at radius 3 is 2.62 bits per heavy atom. The van der Waals surface area contributed by atoms with Crippen LogP contribution in [0.5, 0.6) is 0 Å². The van der Waals surface area contributed by atoms with Crippen LogP contribution in [0.25, 0.3) is 0 Å². The molecule has 0 unspecified atom stereocenters. The minimum absolute atomic E-state index is 0. The Hall–Kier alpha value is -0.950. The first kappa shape index (κ1) is 14.6. The third kappa shape index (κ3) is 6.23. The van der Waals surface area contributed by atoms with Crippen molar-refractivity contribution in [3.05, 3.63) is 23.2 Å². The highest BCUT2D eigenvalue weighted by Crippen LogP contribution is 1.99. The number of rotatable bonds is 1. The molecule has 0 radical (unpaired) electrons. The number of oxime groups is 1. The summed E-state index contributed by atoms with van der Waals surface area (Å²) in [5, 5.41) is 17.6. The van der Waals surface area contributed by atoms with Crippen LogP contribution in [-0.4, -0.2) is 26.6 Å². The summed E-state index contributed by atoms with van der Waals surface area (Å²) in [6, 6.07) is 1.54. The Labute approximate surface area is 85.4 Å². The van der Waals surface area contributed by atoms with Crippen LogP contribution in [0.1, 0.15) is 5.82 Å². The van der Waals surface area contributed by atoms with Gasteiger partial charge in [-0.2, -0.15) is 0 Å². The molecule has 1 aromatic rings. The van der Waals surface area contributed by atoms with Gasteiger partial charge in [0.25, 0.3) is 0 Å². The van der Waals surface area contributed by atoms with Crippen LogP contribution in [0.3, 0.4) is 0 Å². The molecule has 4 N–H and O–H groups in total. The minimum Gasteiger partial charge on any atom is -0.411 e. The van der Waals surface area contributed by atoms with E-state index >= 15 is 0 Å². The molecular weight excluding hydrogens is 219 g/mol. The topological polar surface area (TPSA) is 105 Å². The molecule has 0 aromatic carbocycles. The van der Waals surface area contributed by atoms with Gasteiger partial charge in [0.2, 0.25) is 0 Å². The maximum atomic E-state index is 8.06. The molecule has 0 saturated heterocycles. The first-order chi connectivity index (χ1) is 5.83. The van der Waals surface area contributed by atoms with Crippen molar-refractivity contribution in [2.45, 2.75) is 0 Å². The molecule has 0 fully saturated rings. The van der Waals surface area contributed by atoms with Gasteiger partial charge < -0.3 is 10.4 Å². The molecular formula is C5H8Cl2N4O2. The van der Waals surface area contributed by atoms with Crippen LogP contribution in [0.2, 0.25) is 5.15 Å². The summed E-state index contributed by atoms with van der Waals surface area (Å²) in [5.74, 6) is 3.79. The van der Waals surface area contributed by atoms with Crippen LogP contribution >= 0.6 is 24.0 Å². The Balaban J connectivity index is 0. The molecule has 74 valence electrons. The normalized spacial score (nSPS) is 8.54. The van der Waals surface area contributed by atoms with Gasteiger partial charge in [-0.25, -0.2) is 15.9 Å². The van der Waals surface area contributed by atoms with Crippen LogP contribution in [0.4, 0.5) is 0 Å². The first-order valence-corrected chi connectivity index (χ1v) is 3.12. The molecule has 1 aromatic heterocycles. The summed E-state index contributed by atoms with van der Waals surface area (Å²) in [4.78, 5) is 7.43. The van der Waals surface area contributed by atoms with Crippen molar-refractivity contribution in [1.82, 2.24) is 9.97 Å². The van der Waals surface area contributed by atoms with Gasteiger partial charge in [0, 0.05) is 6.20 Å². The van der Waals surface area contributed by atoms with E-state index < -0.39 is 0 Å². The largest absolute Gasteiger partial charge is 0.411 e. The summed E-state index contributed by atoms with van der Waals surface area (Å²) < 4.78 is 0. The zero-order valence-corrected chi connectivity index (χ0v) is 7.90. The van der Waals surface area contributed by atoms with Crippen LogP contribution in [0.15, 0.2) is 17.4 Å². The fourth-order valence-corrected chi connectivity index (χ4v) is 0.607. The van der Waals surface area contributed by atoms with Crippen LogP contribution < -0.4 is 5.90 Å². The molecule has 0 spiro atoms. The van der Waals surface area contributed by atoms with E-state index in [2.05, 4.69) is 21.0 Å². The second-order valence-electron chi connectivity index (χ2n) is 1.48. The maximum absolute atomic E-state index is 8.06. The van der Waals surface area contributed by atoms with Gasteiger partial charge in [-0.3, -0.25) is 0 Å². The highest BCUT2D eigenvalue weighted by atomic mass is 35.5. The molecule has 13 heavy (non-hydrogen) atoms. The van der Waals surface area contributed by atoms with Crippen LogP contribution in [-0.2, 0) is 0 Å². The molecule has 8 heteroatoms. The fourth-order valence-electron chi connectivity index (χ4n) is 0.465. The number of hydrogen-bond donors (Lipinski definition) is 3. The van der Waals surface area contributed by atoms with Crippen molar-refractivity contribution in [3.8, 4) is 0 Å². The van der Waals surface area contributed by atoms with Crippen molar-refractivity contribution in [1.29, 1.82) is 0 Å². The van der Waals surface area contributed by atoms with E-state index in [0.717, 1.165) is 6.21 Å². The standard InChI is InChI=1S/C5H4ClN3O.ClH.H3NO/c6-4-1-2-7-5(9-4)3-8-10;;1-2/h1-3,10H;1H;2H,1H2. The lowest BCUT2D eigenvalue weighted by Crippen LogP contribution is -1.91. The molecule has 1 heterocycles. The summed E-state index contributed by atoms with van der Waals surface area (Å²) in [6.07, 6.45) is 2.58. The summed E-state index contributed by atoms with van der Waals surface area (Å²) in [5.41, 5.74) is 0. The second kappa shape index (κ2) is 9.14. The van der Waals surface area contributed by atoms with Crippen LogP contribution in [0, 0.1) is 0 Å². The van der Waals surface area contributed by atoms with E-state index in [1.54, 1.807) is 0 Å². The van der Waals surface area contributed by atoms with Crippen molar-refractivity contribution < 1.29 is 10.4 Å². The molecule has 0 aliphatic carbocycles. The summed E-state index contributed by atoms with van der Waals surface area (Å²) in [7, 11) is 0. The third-order valence-electron chi connectivity index (χ3n) is 0.813. The van der Waals surface area contributed by atoms with Gasteiger partial charge in [-0.15, -0.1) is 12.4 Å². The zero-order valence-electron chi connectivity index (χ0n) is 6.33. The van der Waals surface area contributed by atoms with E-state index in [1.807, 2.05) is 0 Å². The second-order valence-corrected chi connectivity index (χ2v) is 1.87. The van der Waals surface area contributed by atoms with Gasteiger partial charge in [-0.05, 0) is 6.07 Å². The Kier molecular flexibility index (Phi) is 10.2. The Morgan fingerprint density at radius 2 is 2.15 bits per heavy atom. The van der Waals surface area contributed by atoms with Gasteiger partial charge >= 0.3 is 0 Å². The quantitative estimate of drug-likeness (QED) is 0.283. The molecule has 0 saturated carbocycles. The van der Waals surface area contributed by atoms with Crippen molar-refractivity contribution in [3.63, 3.8) is 0 Å². The Morgan fingerprint density at radius 1 is 1.54 bits per heavy atom. The SMILES string of the molecule is Cl.NO.ON=Cc1nccc(Cl)n1. The highest BCUT2D eigenvalue weighted by molar-refractivity contribution is 6.29. The third-order valence-corrected chi connectivity index (χ3v) is 1.02. The van der Waals surface area contributed by atoms with E-state index in [1.165, 1.54) is 12.3 Å². The van der Waals surface area contributed by atoms with Crippen molar-refractivity contribution >= 4 is 30.2 Å². The van der Waals surface area contributed by atoms with Gasteiger partial charge in [0.1, 0.15) is 11.4 Å². The minimum atomic E-state index is 0. The highest BCUT2D eigenvalue weighted by Gasteiger charge is 1.91. The van der Waals surface area contributed by atoms with E-state index in [4.69, 9.17) is 22.0 Å². The van der Waals surface area contributed by atoms with Gasteiger partial charge in [0.05, 0.1) is 0 Å². The smallest absolute Gasteiger partial charge is 0.175 e.